The third-order valence-electron chi connectivity index (χ3n) is 4.30. The number of carboxylic acids is 1. The molecule has 2 rings (SSSR count). The molecule has 0 fully saturated rings. The van der Waals surface area contributed by atoms with Gasteiger partial charge in [0.1, 0.15) is 17.6 Å². The molecule has 8 heteroatoms. The number of nitrogens with two attached hydrogens (primary N) is 1. The molecule has 0 aromatic heterocycles. The van der Waals surface area contributed by atoms with E-state index in [1.807, 2.05) is 13.8 Å². The Bertz CT molecular complexity index is 1010. The first kappa shape index (κ1) is 24.4. The fourth-order valence-electron chi connectivity index (χ4n) is 2.77. The van der Waals surface area contributed by atoms with Gasteiger partial charge in [0.2, 0.25) is 5.90 Å². The Labute approximate surface area is 187 Å². The first-order valence-electron chi connectivity index (χ1n) is 10.1. The van der Waals surface area contributed by atoms with E-state index >= 15 is 0 Å². The average Bonchev–Trinajstić information content (AvgIpc) is 2.77. The highest BCUT2D eigenvalue weighted by Crippen LogP contribution is 2.23. The predicted molar refractivity (Wildman–Crippen MR) is 121 cm³/mol. The van der Waals surface area contributed by atoms with Gasteiger partial charge in [0, 0.05) is 12.0 Å². The number of nitriles is 1. The molecule has 0 unspecified atom stereocenters. The summed E-state index contributed by atoms with van der Waals surface area (Å²) in [7, 11) is 0. The van der Waals surface area contributed by atoms with Crippen LogP contribution in [0.15, 0.2) is 54.0 Å². The van der Waals surface area contributed by atoms with Crippen molar-refractivity contribution in [2.75, 3.05) is 6.61 Å². The van der Waals surface area contributed by atoms with Crippen molar-refractivity contribution in [3.05, 3.63) is 65.7 Å². The second kappa shape index (κ2) is 12.1. The highest BCUT2D eigenvalue weighted by molar-refractivity contribution is 5.97. The lowest BCUT2D eigenvalue weighted by Crippen LogP contribution is -2.13. The molecule has 0 radical (unpaired) electrons. The number of rotatable bonds is 11. The summed E-state index contributed by atoms with van der Waals surface area (Å²) in [5.41, 5.74) is 2.01. The Balaban J connectivity index is 2.07. The number of aliphatic carboxylic acids is 1. The molecule has 0 aliphatic heterocycles. The Morgan fingerprint density at radius 3 is 2.47 bits per heavy atom. The monoisotopic (exact) mass is 437 g/mol. The maximum absolute atomic E-state index is 10.5. The Morgan fingerprint density at radius 2 is 1.88 bits per heavy atom. The predicted octanol–water partition coefficient (Wildman–Crippen LogP) is 4.29. The number of aliphatic imine (C=N–C) groups is 1. The summed E-state index contributed by atoms with van der Waals surface area (Å²) in [6.45, 7) is 8.16. The van der Waals surface area contributed by atoms with Crippen molar-refractivity contribution in [1.29, 1.82) is 5.26 Å². The molecule has 32 heavy (non-hydrogen) atoms. The summed E-state index contributed by atoms with van der Waals surface area (Å²) in [5, 5.41) is 18.1. The number of carboxylic acid groups (broad SMARTS) is 1. The zero-order valence-corrected chi connectivity index (χ0v) is 18.2. The second-order valence-electron chi connectivity index (χ2n) is 7.19. The number of hydrogen-bond donors (Lipinski definition) is 2. The minimum Gasteiger partial charge on any atom is -0.494 e. The van der Waals surface area contributed by atoms with Crippen molar-refractivity contribution in [3.63, 3.8) is 0 Å². The van der Waals surface area contributed by atoms with Gasteiger partial charge in [-0.3, -0.25) is 4.79 Å². The van der Waals surface area contributed by atoms with Crippen LogP contribution in [0.4, 0.5) is 0 Å². The van der Waals surface area contributed by atoms with Gasteiger partial charge in [-0.1, -0.05) is 6.58 Å². The highest BCUT2D eigenvalue weighted by Gasteiger charge is 2.12. The summed E-state index contributed by atoms with van der Waals surface area (Å²) in [6, 6.07) is 14.2. The maximum atomic E-state index is 10.5. The van der Waals surface area contributed by atoms with Crippen molar-refractivity contribution in [3.8, 4) is 17.6 Å². The van der Waals surface area contributed by atoms with Gasteiger partial charge in [0.25, 0.3) is 0 Å². The van der Waals surface area contributed by atoms with Gasteiger partial charge in [-0.05, 0) is 74.7 Å². The molecule has 0 bridgehead atoms. The summed E-state index contributed by atoms with van der Waals surface area (Å²) in [6.07, 6.45) is 1.30. The molecule has 168 valence electrons. The van der Waals surface area contributed by atoms with Crippen LogP contribution in [0.5, 0.6) is 11.5 Å². The minimum atomic E-state index is -0.807. The fraction of sp³-hybridized carbons (Fsp3) is 0.292. The lowest BCUT2D eigenvalue weighted by atomic mass is 10.1. The average molecular weight is 437 g/mol. The van der Waals surface area contributed by atoms with Crippen molar-refractivity contribution in [1.82, 2.24) is 0 Å². The summed E-state index contributed by atoms with van der Waals surface area (Å²) in [5.74, 6) is 5.86. The molecule has 2 aromatic rings. The SMILES string of the molecule is C=C(/N=C(\ON)c1ccc(OC(C)C)c(C#N)c1)c1ccc(OCCCCC(=O)O)cc1. The summed E-state index contributed by atoms with van der Waals surface area (Å²) < 4.78 is 11.2. The van der Waals surface area contributed by atoms with Crippen LogP contribution in [-0.2, 0) is 9.63 Å². The smallest absolute Gasteiger partial charge is 0.303 e. The van der Waals surface area contributed by atoms with Gasteiger partial charge in [-0.15, -0.1) is 0 Å². The Morgan fingerprint density at radius 1 is 1.19 bits per heavy atom. The molecule has 0 spiro atoms. The summed E-state index contributed by atoms with van der Waals surface area (Å²) >= 11 is 0. The largest absolute Gasteiger partial charge is 0.494 e. The number of carbonyl (C=O) groups is 1. The quantitative estimate of drug-likeness (QED) is 0.232. The number of benzene rings is 2. The van der Waals surface area contributed by atoms with Crippen molar-refractivity contribution in [2.45, 2.75) is 39.2 Å². The van der Waals surface area contributed by atoms with Crippen LogP contribution in [0.2, 0.25) is 0 Å². The van der Waals surface area contributed by atoms with Crippen LogP contribution in [0, 0.1) is 11.3 Å². The number of ether oxygens (including phenoxy) is 2. The van der Waals surface area contributed by atoms with Gasteiger partial charge in [-0.25, -0.2) is 4.99 Å². The van der Waals surface area contributed by atoms with Crippen LogP contribution in [-0.4, -0.2) is 29.7 Å². The number of unbranched alkanes of at least 4 members (excludes halogenated alkanes) is 1. The molecule has 0 aliphatic rings. The lowest BCUT2D eigenvalue weighted by molar-refractivity contribution is -0.137. The third-order valence-corrected chi connectivity index (χ3v) is 4.30. The second-order valence-corrected chi connectivity index (χ2v) is 7.19. The van der Waals surface area contributed by atoms with Gasteiger partial charge < -0.3 is 19.4 Å². The normalized spacial score (nSPS) is 11.0. The van der Waals surface area contributed by atoms with Crippen LogP contribution < -0.4 is 15.4 Å². The standard InChI is InChI=1S/C24H27N3O5/c1-16(2)31-22-12-9-19(14-20(22)15-25)24(32-26)27-17(3)18-7-10-21(11-8-18)30-13-5-4-6-23(28)29/h7-12,14,16H,3-6,13,26H2,1-2H3,(H,28,29)/b27-24-. The van der Waals surface area contributed by atoms with Gasteiger partial charge in [0.15, 0.2) is 0 Å². The number of nitrogens with zero attached hydrogens (tertiary/aromatic N) is 2. The molecule has 0 amide bonds. The van der Waals surface area contributed by atoms with E-state index in [1.54, 1.807) is 42.5 Å². The first-order valence-corrected chi connectivity index (χ1v) is 10.1. The summed E-state index contributed by atoms with van der Waals surface area (Å²) in [4.78, 5) is 19.8. The van der Waals surface area contributed by atoms with Gasteiger partial charge >= 0.3 is 5.97 Å². The topological polar surface area (TPSA) is 127 Å². The molecular weight excluding hydrogens is 410 g/mol. The zero-order chi connectivity index (χ0) is 23.5. The fourth-order valence-corrected chi connectivity index (χ4v) is 2.77. The van der Waals surface area contributed by atoms with E-state index in [1.165, 1.54) is 0 Å². The third kappa shape index (κ3) is 7.45. The molecule has 0 saturated carbocycles. The first-order chi connectivity index (χ1) is 15.3. The van der Waals surface area contributed by atoms with Gasteiger partial charge in [0.05, 0.1) is 24.0 Å². The minimum absolute atomic E-state index is 0.0664. The van der Waals surface area contributed by atoms with Crippen LogP contribution in [0.3, 0.4) is 0 Å². The zero-order valence-electron chi connectivity index (χ0n) is 18.2. The Kier molecular flexibility index (Phi) is 9.26. The highest BCUT2D eigenvalue weighted by atomic mass is 16.6. The van der Waals surface area contributed by atoms with Crippen molar-refractivity contribution >= 4 is 17.6 Å². The lowest BCUT2D eigenvalue weighted by Gasteiger charge is -2.12. The van der Waals surface area contributed by atoms with E-state index in [4.69, 9.17) is 25.3 Å². The van der Waals surface area contributed by atoms with E-state index in [-0.39, 0.29) is 18.4 Å². The van der Waals surface area contributed by atoms with Crippen molar-refractivity contribution in [2.24, 2.45) is 10.9 Å². The van der Waals surface area contributed by atoms with E-state index in [2.05, 4.69) is 17.6 Å². The molecule has 0 atom stereocenters. The molecular formula is C24H27N3O5. The van der Waals surface area contributed by atoms with Crippen molar-refractivity contribution < 1.29 is 24.2 Å². The van der Waals surface area contributed by atoms with E-state index in [0.29, 0.717) is 47.8 Å². The molecule has 3 N–H and O–H groups in total. The van der Waals surface area contributed by atoms with E-state index < -0.39 is 5.97 Å². The van der Waals surface area contributed by atoms with Crippen LogP contribution in [0.1, 0.15) is 49.8 Å². The van der Waals surface area contributed by atoms with E-state index in [0.717, 1.165) is 5.56 Å². The molecule has 0 heterocycles. The van der Waals surface area contributed by atoms with E-state index in [9.17, 15) is 10.1 Å². The maximum Gasteiger partial charge on any atom is 0.303 e. The molecule has 0 aliphatic carbocycles. The molecule has 0 saturated heterocycles. The van der Waals surface area contributed by atoms with Gasteiger partial charge in [-0.2, -0.15) is 11.2 Å². The van der Waals surface area contributed by atoms with Crippen LogP contribution >= 0.6 is 0 Å². The molecule has 8 nitrogen and oxygen atoms in total. The van der Waals surface area contributed by atoms with Crippen LogP contribution in [0.25, 0.3) is 5.70 Å². The Hall–Kier alpha value is -3.83. The molecule has 2 aromatic carbocycles. The number of hydrogen-bond acceptors (Lipinski definition) is 7.